The molecule has 140 valence electrons. The first-order chi connectivity index (χ1) is 12.4. The van der Waals surface area contributed by atoms with Crippen LogP contribution in [-0.4, -0.2) is 82.4 Å². The molecule has 9 heteroatoms. The lowest BCUT2D eigenvalue weighted by molar-refractivity contribution is 0.00115. The summed E-state index contributed by atoms with van der Waals surface area (Å²) in [5, 5.41) is 17.1. The summed E-state index contributed by atoms with van der Waals surface area (Å²) in [6, 6.07) is 3.81. The third-order valence-electron chi connectivity index (χ3n) is 3.34. The Bertz CT molecular complexity index is 484. The Morgan fingerprint density at radius 2 is 1.28 bits per heavy atom. The van der Waals surface area contributed by atoms with Crippen LogP contribution in [0.2, 0.25) is 0 Å². The number of ether oxygens (including phenoxy) is 3. The molecule has 0 unspecified atom stereocenters. The Hall–Kier alpha value is -1.78. The second-order valence-corrected chi connectivity index (χ2v) is 5.33. The molecule has 0 aromatic carbocycles. The monoisotopic (exact) mass is 353 g/mol. The van der Waals surface area contributed by atoms with Crippen LogP contribution in [0.25, 0.3) is 0 Å². The third kappa shape index (κ3) is 8.75. The van der Waals surface area contributed by atoms with Gasteiger partial charge in [-0.3, -0.25) is 14.3 Å². The van der Waals surface area contributed by atoms with Crippen LogP contribution in [0.5, 0.6) is 0 Å². The number of aliphatic hydroxyl groups is 1. The topological polar surface area (TPSA) is 86.8 Å². The van der Waals surface area contributed by atoms with Crippen LogP contribution in [0.15, 0.2) is 36.9 Å². The molecule has 0 bridgehead atoms. The van der Waals surface area contributed by atoms with Gasteiger partial charge in [0.25, 0.3) is 0 Å². The smallest absolute Gasteiger partial charge is 0.0943 e. The van der Waals surface area contributed by atoms with Crippen molar-refractivity contribution in [3.8, 4) is 0 Å². The van der Waals surface area contributed by atoms with Crippen LogP contribution >= 0.6 is 0 Å². The van der Waals surface area contributed by atoms with Gasteiger partial charge in [-0.25, -0.2) is 0 Å². The highest BCUT2D eigenvalue weighted by molar-refractivity contribution is 4.79. The SMILES string of the molecule is OCCOCCOCCOCCN(Cn1cccn1)Cn1cccn1. The van der Waals surface area contributed by atoms with E-state index in [9.17, 15) is 0 Å². The molecule has 2 rings (SSSR count). The van der Waals surface area contributed by atoms with Crippen molar-refractivity contribution >= 4 is 0 Å². The van der Waals surface area contributed by atoms with Crippen molar-refractivity contribution in [2.75, 3.05) is 52.8 Å². The van der Waals surface area contributed by atoms with E-state index in [0.29, 0.717) is 53.0 Å². The van der Waals surface area contributed by atoms with Crippen LogP contribution in [0.4, 0.5) is 0 Å². The zero-order valence-corrected chi connectivity index (χ0v) is 14.4. The molecule has 0 atom stereocenters. The number of hydrogen-bond donors (Lipinski definition) is 1. The highest BCUT2D eigenvalue weighted by Gasteiger charge is 2.07. The van der Waals surface area contributed by atoms with Crippen LogP contribution in [-0.2, 0) is 27.5 Å². The van der Waals surface area contributed by atoms with Crippen molar-refractivity contribution in [1.29, 1.82) is 0 Å². The quantitative estimate of drug-likeness (QED) is 0.452. The van der Waals surface area contributed by atoms with Crippen LogP contribution in [0, 0.1) is 0 Å². The summed E-state index contributed by atoms with van der Waals surface area (Å²) < 4.78 is 19.9. The molecule has 0 aliphatic rings. The maximum Gasteiger partial charge on any atom is 0.0943 e. The first kappa shape index (κ1) is 19.5. The second-order valence-electron chi connectivity index (χ2n) is 5.33. The Kier molecular flexibility index (Phi) is 9.82. The summed E-state index contributed by atoms with van der Waals surface area (Å²) in [4.78, 5) is 2.20. The Balaban J connectivity index is 1.57. The summed E-state index contributed by atoms with van der Waals surface area (Å²) >= 11 is 0. The summed E-state index contributed by atoms with van der Waals surface area (Å²) in [5.41, 5.74) is 0. The fraction of sp³-hybridized carbons (Fsp3) is 0.625. The number of rotatable bonds is 15. The molecule has 2 aromatic rings. The molecule has 0 aliphatic carbocycles. The van der Waals surface area contributed by atoms with Gasteiger partial charge in [0.1, 0.15) is 0 Å². The number of hydrogen-bond acceptors (Lipinski definition) is 7. The van der Waals surface area contributed by atoms with E-state index in [0.717, 1.165) is 6.54 Å². The number of nitrogens with zero attached hydrogens (tertiary/aromatic N) is 5. The Labute approximate surface area is 147 Å². The standard InChI is InChI=1S/C16H27N5O4/c22-8-10-24-12-14-25-13-11-23-9-7-19(15-20-5-1-3-17-20)16-21-6-2-4-18-21/h1-6,22H,7-16H2. The Morgan fingerprint density at radius 3 is 1.76 bits per heavy atom. The molecule has 2 heterocycles. The van der Waals surface area contributed by atoms with Crippen molar-refractivity contribution in [2.24, 2.45) is 0 Å². The van der Waals surface area contributed by atoms with E-state index < -0.39 is 0 Å². The third-order valence-corrected chi connectivity index (χ3v) is 3.34. The molecule has 0 saturated heterocycles. The summed E-state index contributed by atoms with van der Waals surface area (Å²) in [7, 11) is 0. The maximum absolute atomic E-state index is 8.57. The van der Waals surface area contributed by atoms with Crippen molar-refractivity contribution < 1.29 is 19.3 Å². The molecule has 25 heavy (non-hydrogen) atoms. The van der Waals surface area contributed by atoms with E-state index in [4.69, 9.17) is 19.3 Å². The molecular weight excluding hydrogens is 326 g/mol. The van der Waals surface area contributed by atoms with Gasteiger partial charge < -0.3 is 19.3 Å². The zero-order chi connectivity index (χ0) is 17.6. The van der Waals surface area contributed by atoms with E-state index in [1.807, 2.05) is 33.9 Å². The average molecular weight is 353 g/mol. The predicted molar refractivity (Wildman–Crippen MR) is 90.7 cm³/mol. The maximum atomic E-state index is 8.57. The van der Waals surface area contributed by atoms with Gasteiger partial charge in [0.15, 0.2) is 0 Å². The minimum absolute atomic E-state index is 0.0384. The van der Waals surface area contributed by atoms with E-state index in [1.54, 1.807) is 12.4 Å². The van der Waals surface area contributed by atoms with Crippen molar-refractivity contribution in [2.45, 2.75) is 13.3 Å². The Morgan fingerprint density at radius 1 is 0.760 bits per heavy atom. The number of aromatic nitrogens is 4. The number of aliphatic hydroxyl groups excluding tert-OH is 1. The highest BCUT2D eigenvalue weighted by Crippen LogP contribution is 1.98. The van der Waals surface area contributed by atoms with E-state index in [-0.39, 0.29) is 6.61 Å². The minimum atomic E-state index is 0.0384. The van der Waals surface area contributed by atoms with E-state index >= 15 is 0 Å². The van der Waals surface area contributed by atoms with Gasteiger partial charge in [0.05, 0.1) is 59.6 Å². The van der Waals surface area contributed by atoms with Crippen LogP contribution < -0.4 is 0 Å². The minimum Gasteiger partial charge on any atom is -0.394 e. The molecule has 0 fully saturated rings. The van der Waals surface area contributed by atoms with E-state index in [1.165, 1.54) is 0 Å². The largest absolute Gasteiger partial charge is 0.394 e. The molecule has 0 spiro atoms. The van der Waals surface area contributed by atoms with Gasteiger partial charge in [-0.2, -0.15) is 10.2 Å². The fourth-order valence-electron chi connectivity index (χ4n) is 2.16. The first-order valence-corrected chi connectivity index (χ1v) is 8.40. The van der Waals surface area contributed by atoms with E-state index in [2.05, 4.69) is 15.1 Å². The molecule has 0 aliphatic heterocycles. The summed E-state index contributed by atoms with van der Waals surface area (Å²) in [6.45, 7) is 5.17. The van der Waals surface area contributed by atoms with Crippen molar-refractivity contribution in [3.63, 3.8) is 0 Å². The van der Waals surface area contributed by atoms with Gasteiger partial charge in [0, 0.05) is 31.3 Å². The summed E-state index contributed by atoms with van der Waals surface area (Å²) in [5.74, 6) is 0. The average Bonchev–Trinajstić information content (AvgIpc) is 3.30. The van der Waals surface area contributed by atoms with Crippen molar-refractivity contribution in [1.82, 2.24) is 24.5 Å². The molecular formula is C16H27N5O4. The molecule has 2 aromatic heterocycles. The van der Waals surface area contributed by atoms with Gasteiger partial charge in [-0.15, -0.1) is 0 Å². The lowest BCUT2D eigenvalue weighted by Gasteiger charge is -2.22. The summed E-state index contributed by atoms with van der Waals surface area (Å²) in [6.07, 6.45) is 7.40. The van der Waals surface area contributed by atoms with Crippen molar-refractivity contribution in [3.05, 3.63) is 36.9 Å². The molecule has 0 saturated carbocycles. The van der Waals surface area contributed by atoms with Gasteiger partial charge in [0.2, 0.25) is 0 Å². The van der Waals surface area contributed by atoms with Crippen LogP contribution in [0.1, 0.15) is 0 Å². The molecule has 9 nitrogen and oxygen atoms in total. The normalized spacial score (nSPS) is 11.4. The lowest BCUT2D eigenvalue weighted by Crippen LogP contribution is -2.32. The van der Waals surface area contributed by atoms with Gasteiger partial charge >= 0.3 is 0 Å². The molecule has 0 amide bonds. The molecule has 1 N–H and O–H groups in total. The molecule has 0 radical (unpaired) electrons. The predicted octanol–water partition coefficient (Wildman–Crippen LogP) is 0.0389. The van der Waals surface area contributed by atoms with Gasteiger partial charge in [-0.1, -0.05) is 0 Å². The fourth-order valence-corrected chi connectivity index (χ4v) is 2.16. The van der Waals surface area contributed by atoms with Crippen LogP contribution in [0.3, 0.4) is 0 Å². The first-order valence-electron chi connectivity index (χ1n) is 8.40. The van der Waals surface area contributed by atoms with Gasteiger partial charge in [-0.05, 0) is 12.1 Å². The highest BCUT2D eigenvalue weighted by atomic mass is 16.5. The second kappa shape index (κ2) is 12.6. The lowest BCUT2D eigenvalue weighted by atomic mass is 10.6. The zero-order valence-electron chi connectivity index (χ0n) is 14.4.